The molecule has 4 aromatic rings. The van der Waals surface area contributed by atoms with Crippen molar-refractivity contribution in [2.45, 2.75) is 6.42 Å². The Hall–Kier alpha value is -4.03. The smallest absolute Gasteiger partial charge is 0.291 e. The molecule has 0 saturated heterocycles. The van der Waals surface area contributed by atoms with E-state index in [0.717, 1.165) is 16.5 Å². The molecule has 3 aromatic carbocycles. The van der Waals surface area contributed by atoms with Crippen molar-refractivity contribution < 1.29 is 14.3 Å². The second-order valence-electron chi connectivity index (χ2n) is 7.66. The van der Waals surface area contributed by atoms with E-state index in [-0.39, 0.29) is 11.7 Å². The van der Waals surface area contributed by atoms with Gasteiger partial charge in [-0.15, -0.1) is 0 Å². The van der Waals surface area contributed by atoms with Gasteiger partial charge in [0.05, 0.1) is 5.69 Å². The Bertz CT molecular complexity index is 1410. The average Bonchev–Trinajstić information content (AvgIpc) is 3.24. The quantitative estimate of drug-likeness (QED) is 0.362. The molecule has 0 unspecified atom stereocenters. The molecule has 0 fully saturated rings. The van der Waals surface area contributed by atoms with E-state index in [2.05, 4.69) is 21.7 Å². The third-order valence-corrected chi connectivity index (χ3v) is 5.82. The SMILES string of the molecule is O=C1Nc2cc(C(=O)NCCc3c[nH]c4ccccc34)ccc2O/C1=C/c1ccccc1Cl. The summed E-state index contributed by atoms with van der Waals surface area (Å²) in [4.78, 5) is 28.4. The fourth-order valence-electron chi connectivity index (χ4n) is 3.79. The van der Waals surface area contributed by atoms with E-state index in [4.69, 9.17) is 16.3 Å². The molecule has 2 amide bonds. The number of carbonyl (C=O) groups excluding carboxylic acids is 2. The lowest BCUT2D eigenvalue weighted by molar-refractivity contribution is -0.115. The van der Waals surface area contributed by atoms with Crippen LogP contribution in [0.5, 0.6) is 5.75 Å². The zero-order chi connectivity index (χ0) is 22.8. The predicted molar refractivity (Wildman–Crippen MR) is 129 cm³/mol. The summed E-state index contributed by atoms with van der Waals surface area (Å²) in [7, 11) is 0. The van der Waals surface area contributed by atoms with E-state index >= 15 is 0 Å². The van der Waals surface area contributed by atoms with Crippen molar-refractivity contribution in [1.82, 2.24) is 10.3 Å². The number of hydrogen-bond acceptors (Lipinski definition) is 3. The Balaban J connectivity index is 1.26. The maximum Gasteiger partial charge on any atom is 0.291 e. The molecule has 0 bridgehead atoms. The van der Waals surface area contributed by atoms with E-state index in [1.54, 1.807) is 36.4 Å². The molecule has 1 aliphatic heterocycles. The van der Waals surface area contributed by atoms with Crippen LogP contribution in [0.15, 0.2) is 78.7 Å². The van der Waals surface area contributed by atoms with Crippen LogP contribution >= 0.6 is 11.6 Å². The summed E-state index contributed by atoms with van der Waals surface area (Å²) in [5.41, 5.74) is 3.79. The van der Waals surface area contributed by atoms with Crippen molar-refractivity contribution in [2.75, 3.05) is 11.9 Å². The van der Waals surface area contributed by atoms with Crippen LogP contribution in [0.2, 0.25) is 5.02 Å². The van der Waals surface area contributed by atoms with Crippen LogP contribution in [0, 0.1) is 0 Å². The number of para-hydroxylation sites is 1. The number of rotatable bonds is 5. The highest BCUT2D eigenvalue weighted by molar-refractivity contribution is 6.32. The topological polar surface area (TPSA) is 83.2 Å². The third-order valence-electron chi connectivity index (χ3n) is 5.48. The number of aromatic amines is 1. The predicted octanol–water partition coefficient (Wildman–Crippen LogP) is 5.17. The highest BCUT2D eigenvalue weighted by atomic mass is 35.5. The first kappa shape index (κ1) is 20.8. The molecule has 33 heavy (non-hydrogen) atoms. The molecule has 1 aromatic heterocycles. The lowest BCUT2D eigenvalue weighted by Gasteiger charge is -2.20. The van der Waals surface area contributed by atoms with Crippen LogP contribution in [0.1, 0.15) is 21.5 Å². The first-order valence-corrected chi connectivity index (χ1v) is 10.9. The normalized spacial score (nSPS) is 14.0. The molecule has 0 atom stereocenters. The number of hydrogen-bond donors (Lipinski definition) is 3. The molecule has 5 rings (SSSR count). The molecular formula is C26H20ClN3O3. The van der Waals surface area contributed by atoms with Gasteiger partial charge in [0.25, 0.3) is 11.8 Å². The number of fused-ring (bicyclic) bond motifs is 2. The molecule has 0 radical (unpaired) electrons. The zero-order valence-electron chi connectivity index (χ0n) is 17.5. The second kappa shape index (κ2) is 8.84. The number of amides is 2. The molecule has 1 aliphatic rings. The number of benzene rings is 3. The molecule has 0 saturated carbocycles. The molecule has 0 spiro atoms. The monoisotopic (exact) mass is 457 g/mol. The maximum atomic E-state index is 12.6. The zero-order valence-corrected chi connectivity index (χ0v) is 18.3. The summed E-state index contributed by atoms with van der Waals surface area (Å²) in [5, 5.41) is 7.39. The van der Waals surface area contributed by atoms with Crippen molar-refractivity contribution in [1.29, 1.82) is 0 Å². The van der Waals surface area contributed by atoms with Crippen LogP contribution in [0.25, 0.3) is 17.0 Å². The first-order valence-electron chi connectivity index (χ1n) is 10.5. The van der Waals surface area contributed by atoms with Gasteiger partial charge in [-0.1, -0.05) is 48.0 Å². The Morgan fingerprint density at radius 3 is 2.76 bits per heavy atom. The molecule has 6 nitrogen and oxygen atoms in total. The summed E-state index contributed by atoms with van der Waals surface area (Å²) in [6.45, 7) is 0.491. The van der Waals surface area contributed by atoms with E-state index in [0.29, 0.717) is 40.6 Å². The molecule has 164 valence electrons. The fraction of sp³-hybridized carbons (Fsp3) is 0.0769. The number of ether oxygens (including phenoxy) is 1. The van der Waals surface area contributed by atoms with E-state index in [9.17, 15) is 9.59 Å². The fourth-order valence-corrected chi connectivity index (χ4v) is 3.98. The summed E-state index contributed by atoms with van der Waals surface area (Å²) < 4.78 is 5.76. The molecule has 7 heteroatoms. The molecule has 0 aliphatic carbocycles. The molecular weight excluding hydrogens is 438 g/mol. The Kier molecular flexibility index (Phi) is 5.59. The summed E-state index contributed by atoms with van der Waals surface area (Å²) in [6.07, 6.45) is 4.26. The average molecular weight is 458 g/mol. The van der Waals surface area contributed by atoms with Crippen LogP contribution in [0.3, 0.4) is 0 Å². The Morgan fingerprint density at radius 1 is 1.06 bits per heavy atom. The van der Waals surface area contributed by atoms with Crippen molar-refractivity contribution >= 4 is 46.1 Å². The van der Waals surface area contributed by atoms with E-state index in [1.165, 1.54) is 0 Å². The summed E-state index contributed by atoms with van der Waals surface area (Å²) in [5.74, 6) is -0.0293. The third kappa shape index (κ3) is 4.33. The van der Waals surface area contributed by atoms with Crippen molar-refractivity contribution in [3.05, 3.63) is 100 Å². The standard InChI is InChI=1S/C26H20ClN3O3/c27-20-7-3-1-5-16(20)14-24-26(32)30-22-13-17(9-10-23(22)33-24)25(31)28-12-11-18-15-29-21-8-4-2-6-19(18)21/h1-10,13-15,29H,11-12H2,(H,28,31)(H,30,32)/b24-14+. The minimum Gasteiger partial charge on any atom is -0.449 e. The number of aromatic nitrogens is 1. The van der Waals surface area contributed by atoms with Gasteiger partial charge in [-0.3, -0.25) is 9.59 Å². The van der Waals surface area contributed by atoms with Gasteiger partial charge >= 0.3 is 0 Å². The van der Waals surface area contributed by atoms with Crippen LogP contribution < -0.4 is 15.4 Å². The minimum atomic E-state index is -0.403. The van der Waals surface area contributed by atoms with Crippen LogP contribution in [-0.2, 0) is 11.2 Å². The van der Waals surface area contributed by atoms with Gasteiger partial charge in [0, 0.05) is 34.2 Å². The highest BCUT2D eigenvalue weighted by Crippen LogP contribution is 2.33. The summed E-state index contributed by atoms with van der Waals surface area (Å²) in [6, 6.07) is 20.2. The van der Waals surface area contributed by atoms with Crippen molar-refractivity contribution in [2.24, 2.45) is 0 Å². The van der Waals surface area contributed by atoms with Gasteiger partial charge in [-0.2, -0.15) is 0 Å². The van der Waals surface area contributed by atoms with Gasteiger partial charge in [0.15, 0.2) is 11.5 Å². The Labute approximate surface area is 195 Å². The number of H-pyrrole nitrogens is 1. The largest absolute Gasteiger partial charge is 0.449 e. The maximum absolute atomic E-state index is 12.6. The highest BCUT2D eigenvalue weighted by Gasteiger charge is 2.23. The lowest BCUT2D eigenvalue weighted by atomic mass is 10.1. The molecule has 2 heterocycles. The van der Waals surface area contributed by atoms with E-state index < -0.39 is 5.91 Å². The first-order chi connectivity index (χ1) is 16.1. The van der Waals surface area contributed by atoms with Crippen LogP contribution in [-0.4, -0.2) is 23.3 Å². The minimum absolute atomic E-state index is 0.131. The number of anilines is 1. The lowest BCUT2D eigenvalue weighted by Crippen LogP contribution is -2.27. The van der Waals surface area contributed by atoms with Gasteiger partial charge < -0.3 is 20.4 Å². The molecule has 3 N–H and O–H groups in total. The number of halogens is 1. The Morgan fingerprint density at radius 2 is 1.88 bits per heavy atom. The van der Waals surface area contributed by atoms with E-state index in [1.807, 2.05) is 36.5 Å². The van der Waals surface area contributed by atoms with Crippen LogP contribution in [0.4, 0.5) is 5.69 Å². The van der Waals surface area contributed by atoms with Crippen molar-refractivity contribution in [3.8, 4) is 5.75 Å². The van der Waals surface area contributed by atoms with Gasteiger partial charge in [0.2, 0.25) is 0 Å². The van der Waals surface area contributed by atoms with Gasteiger partial charge in [-0.05, 0) is 54.0 Å². The second-order valence-corrected chi connectivity index (χ2v) is 8.07. The number of nitrogens with one attached hydrogen (secondary N) is 3. The van der Waals surface area contributed by atoms with Gasteiger partial charge in [-0.25, -0.2) is 0 Å². The summed E-state index contributed by atoms with van der Waals surface area (Å²) >= 11 is 6.17. The van der Waals surface area contributed by atoms with Gasteiger partial charge in [0.1, 0.15) is 0 Å². The van der Waals surface area contributed by atoms with Crippen molar-refractivity contribution in [3.63, 3.8) is 0 Å². The number of carbonyl (C=O) groups is 2.